The molecule has 146 valence electrons. The van der Waals surface area contributed by atoms with E-state index >= 15 is 0 Å². The summed E-state index contributed by atoms with van der Waals surface area (Å²) in [5.74, 6) is 0.415. The van der Waals surface area contributed by atoms with Crippen LogP contribution in [0.5, 0.6) is 5.75 Å². The Labute approximate surface area is 161 Å². The van der Waals surface area contributed by atoms with E-state index in [0.717, 1.165) is 5.75 Å². The molecule has 0 aliphatic carbocycles. The Morgan fingerprint density at radius 2 is 1.59 bits per heavy atom. The van der Waals surface area contributed by atoms with Crippen LogP contribution < -0.4 is 14.8 Å². The van der Waals surface area contributed by atoms with Gasteiger partial charge in [0.25, 0.3) is 5.91 Å². The van der Waals surface area contributed by atoms with Crippen LogP contribution in [-0.4, -0.2) is 26.5 Å². The highest BCUT2D eigenvalue weighted by atomic mass is 32.2. The van der Waals surface area contributed by atoms with Crippen molar-refractivity contribution in [3.8, 4) is 5.75 Å². The summed E-state index contributed by atoms with van der Waals surface area (Å²) in [5.41, 5.74) is 1.01. The Morgan fingerprint density at radius 1 is 1.00 bits per heavy atom. The van der Waals surface area contributed by atoms with Gasteiger partial charge in [-0.25, -0.2) is 13.1 Å². The zero-order valence-corrected chi connectivity index (χ0v) is 16.8. The molecule has 0 radical (unpaired) electrons. The van der Waals surface area contributed by atoms with E-state index in [9.17, 15) is 13.2 Å². The Bertz CT molecular complexity index is 860. The van der Waals surface area contributed by atoms with Crippen molar-refractivity contribution in [2.45, 2.75) is 51.2 Å². The predicted molar refractivity (Wildman–Crippen MR) is 107 cm³/mol. The number of nitrogens with one attached hydrogen (secondary N) is 2. The molecule has 1 unspecified atom stereocenters. The van der Waals surface area contributed by atoms with Crippen molar-refractivity contribution in [1.29, 1.82) is 0 Å². The van der Waals surface area contributed by atoms with Gasteiger partial charge in [-0.1, -0.05) is 6.92 Å². The van der Waals surface area contributed by atoms with Crippen LogP contribution in [0.1, 0.15) is 44.5 Å². The molecule has 0 aliphatic heterocycles. The van der Waals surface area contributed by atoms with Gasteiger partial charge in [0.15, 0.2) is 0 Å². The van der Waals surface area contributed by atoms with Crippen LogP contribution in [0.2, 0.25) is 0 Å². The Balaban J connectivity index is 2.05. The number of benzene rings is 2. The number of amides is 1. The number of anilines is 1. The molecule has 0 heterocycles. The maximum atomic E-state index is 12.4. The summed E-state index contributed by atoms with van der Waals surface area (Å²) in [4.78, 5) is 12.5. The van der Waals surface area contributed by atoms with Gasteiger partial charge in [-0.05, 0) is 75.7 Å². The molecule has 0 spiro atoms. The summed E-state index contributed by atoms with van der Waals surface area (Å²) >= 11 is 0. The molecule has 1 amide bonds. The molecule has 2 rings (SSSR count). The van der Waals surface area contributed by atoms with E-state index in [0.29, 0.717) is 17.7 Å². The van der Waals surface area contributed by atoms with E-state index in [1.54, 1.807) is 31.2 Å². The van der Waals surface area contributed by atoms with Gasteiger partial charge in [0, 0.05) is 17.3 Å². The summed E-state index contributed by atoms with van der Waals surface area (Å²) < 4.78 is 32.7. The van der Waals surface area contributed by atoms with E-state index in [2.05, 4.69) is 10.0 Å². The lowest BCUT2D eigenvalue weighted by molar-refractivity contribution is 0.102. The quantitative estimate of drug-likeness (QED) is 0.718. The number of carbonyl (C=O) groups is 1. The summed E-state index contributed by atoms with van der Waals surface area (Å²) in [7, 11) is -3.58. The fourth-order valence-corrected chi connectivity index (χ4v) is 3.62. The van der Waals surface area contributed by atoms with Gasteiger partial charge in [0.2, 0.25) is 10.0 Å². The minimum Gasteiger partial charge on any atom is -0.491 e. The average Bonchev–Trinajstić information content (AvgIpc) is 2.62. The fraction of sp³-hybridized carbons (Fsp3) is 0.350. The summed E-state index contributed by atoms with van der Waals surface area (Å²) in [6.45, 7) is 7.59. The van der Waals surface area contributed by atoms with Crippen LogP contribution in [-0.2, 0) is 10.0 Å². The Morgan fingerprint density at radius 3 is 2.11 bits per heavy atom. The van der Waals surface area contributed by atoms with Crippen LogP contribution in [0.4, 0.5) is 5.69 Å². The third-order valence-electron chi connectivity index (χ3n) is 3.88. The zero-order valence-electron chi connectivity index (χ0n) is 16.0. The Hall–Kier alpha value is -2.38. The van der Waals surface area contributed by atoms with Gasteiger partial charge in [0.1, 0.15) is 5.75 Å². The molecule has 2 N–H and O–H groups in total. The van der Waals surface area contributed by atoms with E-state index in [-0.39, 0.29) is 22.9 Å². The van der Waals surface area contributed by atoms with Crippen LogP contribution in [0, 0.1) is 0 Å². The standard InChI is InChI=1S/C20H26N2O4S/c1-5-15(4)22-27(24,25)19-12-6-16(7-13-19)20(23)21-17-8-10-18(11-9-17)26-14(2)3/h6-15,22H,5H2,1-4H3,(H,21,23). The van der Waals surface area contributed by atoms with E-state index in [4.69, 9.17) is 4.74 Å². The maximum absolute atomic E-state index is 12.4. The van der Waals surface area contributed by atoms with Crippen LogP contribution in [0.25, 0.3) is 0 Å². The Kier molecular flexibility index (Phi) is 6.98. The van der Waals surface area contributed by atoms with Crippen molar-refractivity contribution in [3.05, 3.63) is 54.1 Å². The molecular formula is C20H26N2O4S. The lowest BCUT2D eigenvalue weighted by Gasteiger charge is -2.12. The monoisotopic (exact) mass is 390 g/mol. The SMILES string of the molecule is CCC(C)NS(=O)(=O)c1ccc(C(=O)Nc2ccc(OC(C)C)cc2)cc1. The molecule has 0 aromatic heterocycles. The van der Waals surface area contributed by atoms with Gasteiger partial charge < -0.3 is 10.1 Å². The minimum atomic E-state index is -3.58. The van der Waals surface area contributed by atoms with Crippen molar-refractivity contribution in [2.75, 3.05) is 5.32 Å². The molecule has 1 atom stereocenters. The minimum absolute atomic E-state index is 0.0787. The molecule has 6 nitrogen and oxygen atoms in total. The molecule has 0 fully saturated rings. The lowest BCUT2D eigenvalue weighted by atomic mass is 10.2. The molecular weight excluding hydrogens is 364 g/mol. The molecule has 2 aromatic rings. The summed E-state index contributed by atoms with van der Waals surface area (Å²) in [6, 6.07) is 12.8. The number of hydrogen-bond acceptors (Lipinski definition) is 4. The van der Waals surface area contributed by atoms with Gasteiger partial charge in [-0.15, -0.1) is 0 Å². The smallest absolute Gasteiger partial charge is 0.255 e. The number of carbonyl (C=O) groups excluding carboxylic acids is 1. The number of hydrogen-bond donors (Lipinski definition) is 2. The molecule has 7 heteroatoms. The predicted octanol–water partition coefficient (Wildman–Crippen LogP) is 3.80. The van der Waals surface area contributed by atoms with Gasteiger partial charge in [0.05, 0.1) is 11.0 Å². The highest BCUT2D eigenvalue weighted by molar-refractivity contribution is 7.89. The molecule has 27 heavy (non-hydrogen) atoms. The number of ether oxygens (including phenoxy) is 1. The molecule has 0 saturated carbocycles. The van der Waals surface area contributed by atoms with Gasteiger partial charge >= 0.3 is 0 Å². The lowest BCUT2D eigenvalue weighted by Crippen LogP contribution is -2.32. The third-order valence-corrected chi connectivity index (χ3v) is 5.48. The molecule has 0 aliphatic rings. The van der Waals surface area contributed by atoms with Crippen molar-refractivity contribution in [3.63, 3.8) is 0 Å². The molecule has 0 bridgehead atoms. The van der Waals surface area contributed by atoms with E-state index in [1.807, 2.05) is 20.8 Å². The van der Waals surface area contributed by atoms with Crippen molar-refractivity contribution < 1.29 is 17.9 Å². The normalized spacial score (nSPS) is 12.6. The average molecular weight is 391 g/mol. The van der Waals surface area contributed by atoms with Crippen molar-refractivity contribution in [1.82, 2.24) is 4.72 Å². The molecule has 0 saturated heterocycles. The highest BCUT2D eigenvalue weighted by Gasteiger charge is 2.17. The van der Waals surface area contributed by atoms with Crippen LogP contribution >= 0.6 is 0 Å². The summed E-state index contributed by atoms with van der Waals surface area (Å²) in [6.07, 6.45) is 0.774. The first-order chi connectivity index (χ1) is 12.7. The number of rotatable bonds is 8. The third kappa shape index (κ3) is 6.08. The molecule has 2 aromatic carbocycles. The second-order valence-electron chi connectivity index (χ2n) is 6.60. The highest BCUT2D eigenvalue weighted by Crippen LogP contribution is 2.18. The first-order valence-corrected chi connectivity index (χ1v) is 10.4. The second-order valence-corrected chi connectivity index (χ2v) is 8.31. The van der Waals surface area contributed by atoms with E-state index in [1.165, 1.54) is 24.3 Å². The first-order valence-electron chi connectivity index (χ1n) is 8.91. The maximum Gasteiger partial charge on any atom is 0.255 e. The topological polar surface area (TPSA) is 84.5 Å². The second kappa shape index (κ2) is 9.01. The first kappa shape index (κ1) is 20.9. The van der Waals surface area contributed by atoms with Crippen molar-refractivity contribution in [2.24, 2.45) is 0 Å². The number of sulfonamides is 1. The van der Waals surface area contributed by atoms with Gasteiger partial charge in [-0.2, -0.15) is 0 Å². The fourth-order valence-electron chi connectivity index (χ4n) is 2.29. The summed E-state index contributed by atoms with van der Waals surface area (Å²) in [5, 5.41) is 2.78. The van der Waals surface area contributed by atoms with Crippen LogP contribution in [0.3, 0.4) is 0 Å². The van der Waals surface area contributed by atoms with Crippen LogP contribution in [0.15, 0.2) is 53.4 Å². The van der Waals surface area contributed by atoms with Gasteiger partial charge in [-0.3, -0.25) is 4.79 Å². The van der Waals surface area contributed by atoms with Crippen molar-refractivity contribution >= 4 is 21.6 Å². The largest absolute Gasteiger partial charge is 0.491 e. The zero-order chi connectivity index (χ0) is 20.0. The van der Waals surface area contributed by atoms with E-state index < -0.39 is 10.0 Å².